The van der Waals surface area contributed by atoms with Crippen molar-refractivity contribution in [2.75, 3.05) is 43.3 Å². The molecule has 6 nitrogen and oxygen atoms in total. The minimum absolute atomic E-state index is 0.235. The second-order valence-corrected chi connectivity index (χ2v) is 6.52. The minimum atomic E-state index is -0.235. The smallest absolute Gasteiger partial charge is 0.297 e. The maximum Gasteiger partial charge on any atom is 0.297 e. The van der Waals surface area contributed by atoms with Crippen LogP contribution in [0.4, 0.5) is 17.4 Å². The first-order chi connectivity index (χ1) is 11.8. The molecule has 0 aliphatic rings. The highest BCUT2D eigenvalue weighted by Crippen LogP contribution is 2.29. The summed E-state index contributed by atoms with van der Waals surface area (Å²) in [7, 11) is 7.51. The highest BCUT2D eigenvalue weighted by atomic mass is 35.5. The standard InChI is InChI=1S/C18H19ClN4O2/c1-22(2)15-7-6-12(19)10-13(15)20-17(24)11-5-8-16-14(9-11)21-18(25-16)23(3)4/h5-10H,1-4H3,(H,20,24). The van der Waals surface area contributed by atoms with E-state index in [1.165, 1.54) is 0 Å². The fraction of sp³-hybridized carbons (Fsp3) is 0.222. The Labute approximate surface area is 151 Å². The molecule has 0 aliphatic carbocycles. The second kappa shape index (κ2) is 6.64. The molecule has 0 spiro atoms. The van der Waals surface area contributed by atoms with Gasteiger partial charge in [-0.3, -0.25) is 4.79 Å². The lowest BCUT2D eigenvalue weighted by molar-refractivity contribution is 0.102. The number of nitrogens with zero attached hydrogens (tertiary/aromatic N) is 3. The Morgan fingerprint density at radius 3 is 2.52 bits per heavy atom. The van der Waals surface area contributed by atoms with Crippen LogP contribution in [0.1, 0.15) is 10.4 Å². The van der Waals surface area contributed by atoms with Gasteiger partial charge in [-0.15, -0.1) is 0 Å². The molecule has 0 unspecified atom stereocenters. The Kier molecular flexibility index (Phi) is 4.55. The van der Waals surface area contributed by atoms with Crippen LogP contribution in [0.3, 0.4) is 0 Å². The number of aromatic nitrogens is 1. The predicted octanol–water partition coefficient (Wildman–Crippen LogP) is 3.87. The summed E-state index contributed by atoms with van der Waals surface area (Å²) in [5, 5.41) is 3.47. The molecule has 0 atom stereocenters. The summed E-state index contributed by atoms with van der Waals surface area (Å²) in [6, 6.07) is 11.0. The predicted molar refractivity (Wildman–Crippen MR) is 102 cm³/mol. The Hall–Kier alpha value is -2.73. The summed E-state index contributed by atoms with van der Waals surface area (Å²) in [5.74, 6) is -0.235. The van der Waals surface area contributed by atoms with Crippen LogP contribution in [0.2, 0.25) is 5.02 Å². The first-order valence-corrected chi connectivity index (χ1v) is 8.09. The van der Waals surface area contributed by atoms with E-state index in [4.69, 9.17) is 16.0 Å². The van der Waals surface area contributed by atoms with Crippen LogP contribution in [0.25, 0.3) is 11.1 Å². The van der Waals surface area contributed by atoms with Gasteiger partial charge in [-0.25, -0.2) is 0 Å². The summed E-state index contributed by atoms with van der Waals surface area (Å²) in [6.45, 7) is 0. The van der Waals surface area contributed by atoms with Crippen LogP contribution >= 0.6 is 11.6 Å². The maximum absolute atomic E-state index is 12.6. The number of hydrogen-bond acceptors (Lipinski definition) is 5. The Balaban J connectivity index is 1.91. The normalized spacial score (nSPS) is 10.8. The molecule has 25 heavy (non-hydrogen) atoms. The molecule has 2 aromatic carbocycles. The summed E-state index contributed by atoms with van der Waals surface area (Å²) in [4.78, 5) is 20.7. The highest BCUT2D eigenvalue weighted by molar-refractivity contribution is 6.31. The van der Waals surface area contributed by atoms with Gasteiger partial charge in [0.05, 0.1) is 11.4 Å². The van der Waals surface area contributed by atoms with Crippen molar-refractivity contribution >= 4 is 46.0 Å². The van der Waals surface area contributed by atoms with E-state index in [0.717, 1.165) is 5.69 Å². The van der Waals surface area contributed by atoms with Crippen LogP contribution < -0.4 is 15.1 Å². The lowest BCUT2D eigenvalue weighted by Crippen LogP contribution is -2.16. The number of fused-ring (bicyclic) bond motifs is 1. The minimum Gasteiger partial charge on any atom is -0.423 e. The summed E-state index contributed by atoms with van der Waals surface area (Å²) in [5.41, 5.74) is 3.29. The van der Waals surface area contributed by atoms with Crippen LogP contribution in [0.15, 0.2) is 40.8 Å². The van der Waals surface area contributed by atoms with Crippen molar-refractivity contribution in [2.45, 2.75) is 0 Å². The van der Waals surface area contributed by atoms with Gasteiger partial charge < -0.3 is 19.5 Å². The average Bonchev–Trinajstić information content (AvgIpc) is 2.98. The average molecular weight is 359 g/mol. The Morgan fingerprint density at radius 1 is 1.08 bits per heavy atom. The van der Waals surface area contributed by atoms with Gasteiger partial charge in [-0.05, 0) is 36.4 Å². The third kappa shape index (κ3) is 3.53. The van der Waals surface area contributed by atoms with E-state index >= 15 is 0 Å². The largest absolute Gasteiger partial charge is 0.423 e. The van der Waals surface area contributed by atoms with Crippen LogP contribution in [-0.4, -0.2) is 39.1 Å². The van der Waals surface area contributed by atoms with Gasteiger partial charge in [-0.1, -0.05) is 11.6 Å². The van der Waals surface area contributed by atoms with Crippen molar-refractivity contribution in [3.63, 3.8) is 0 Å². The van der Waals surface area contributed by atoms with Crippen LogP contribution in [0.5, 0.6) is 0 Å². The number of nitrogens with one attached hydrogen (secondary N) is 1. The number of anilines is 3. The fourth-order valence-electron chi connectivity index (χ4n) is 2.44. The molecule has 3 aromatic rings. The number of benzene rings is 2. The van der Waals surface area contributed by atoms with Crippen LogP contribution in [0, 0.1) is 0 Å². The first kappa shape index (κ1) is 17.1. The van der Waals surface area contributed by atoms with Crippen molar-refractivity contribution in [1.29, 1.82) is 0 Å². The SMILES string of the molecule is CN(C)c1nc2cc(C(=O)Nc3cc(Cl)ccc3N(C)C)ccc2o1. The zero-order valence-corrected chi connectivity index (χ0v) is 15.3. The Morgan fingerprint density at radius 2 is 1.84 bits per heavy atom. The molecule has 7 heteroatoms. The molecule has 3 rings (SSSR count). The number of amides is 1. The lowest BCUT2D eigenvalue weighted by atomic mass is 10.1. The van der Waals surface area contributed by atoms with E-state index in [0.29, 0.717) is 33.4 Å². The molecule has 0 aliphatic heterocycles. The third-order valence-corrected chi connectivity index (χ3v) is 3.94. The number of hydrogen-bond donors (Lipinski definition) is 1. The summed E-state index contributed by atoms with van der Waals surface area (Å²) >= 11 is 6.06. The van der Waals surface area contributed by atoms with Crippen molar-refractivity contribution in [1.82, 2.24) is 4.98 Å². The molecule has 0 saturated heterocycles. The molecule has 1 amide bonds. The number of carbonyl (C=O) groups is 1. The van der Waals surface area contributed by atoms with Crippen molar-refractivity contribution in [2.24, 2.45) is 0 Å². The molecule has 1 aromatic heterocycles. The van der Waals surface area contributed by atoms with E-state index < -0.39 is 0 Å². The van der Waals surface area contributed by atoms with Crippen molar-refractivity contribution in [3.05, 3.63) is 47.0 Å². The lowest BCUT2D eigenvalue weighted by Gasteiger charge is -2.18. The van der Waals surface area contributed by atoms with Gasteiger partial charge in [0.1, 0.15) is 5.52 Å². The molecule has 0 fully saturated rings. The number of oxazole rings is 1. The molecule has 130 valence electrons. The number of halogens is 1. The third-order valence-electron chi connectivity index (χ3n) is 3.71. The number of carbonyl (C=O) groups excluding carboxylic acids is 1. The molecule has 1 N–H and O–H groups in total. The molecule has 1 heterocycles. The van der Waals surface area contributed by atoms with E-state index in [2.05, 4.69) is 10.3 Å². The van der Waals surface area contributed by atoms with E-state index in [-0.39, 0.29) is 5.91 Å². The number of rotatable bonds is 4. The summed E-state index contributed by atoms with van der Waals surface area (Å²) in [6.07, 6.45) is 0. The van der Waals surface area contributed by atoms with Crippen molar-refractivity contribution < 1.29 is 9.21 Å². The van der Waals surface area contributed by atoms with Gasteiger partial charge in [0.15, 0.2) is 5.58 Å². The van der Waals surface area contributed by atoms with E-state index in [1.54, 1.807) is 35.2 Å². The topological polar surface area (TPSA) is 61.6 Å². The van der Waals surface area contributed by atoms with Gasteiger partial charge >= 0.3 is 0 Å². The first-order valence-electron chi connectivity index (χ1n) is 7.71. The van der Waals surface area contributed by atoms with Crippen molar-refractivity contribution in [3.8, 4) is 0 Å². The monoisotopic (exact) mass is 358 g/mol. The molecular weight excluding hydrogens is 340 g/mol. The molecule has 0 bridgehead atoms. The van der Waals surface area contributed by atoms with Gasteiger partial charge in [0, 0.05) is 38.8 Å². The zero-order valence-electron chi connectivity index (χ0n) is 14.5. The molecular formula is C18H19ClN4O2. The molecule has 0 radical (unpaired) electrons. The highest BCUT2D eigenvalue weighted by Gasteiger charge is 2.14. The second-order valence-electron chi connectivity index (χ2n) is 6.08. The molecule has 0 saturated carbocycles. The van der Waals surface area contributed by atoms with E-state index in [9.17, 15) is 4.79 Å². The van der Waals surface area contributed by atoms with Crippen LogP contribution in [-0.2, 0) is 0 Å². The van der Waals surface area contributed by atoms with E-state index in [1.807, 2.05) is 39.2 Å². The zero-order chi connectivity index (χ0) is 18.1. The fourth-order valence-corrected chi connectivity index (χ4v) is 2.61. The van der Waals surface area contributed by atoms with Gasteiger partial charge in [0.25, 0.3) is 11.9 Å². The maximum atomic E-state index is 12.6. The van der Waals surface area contributed by atoms with Gasteiger partial charge in [-0.2, -0.15) is 4.98 Å². The Bertz CT molecular complexity index is 934. The summed E-state index contributed by atoms with van der Waals surface area (Å²) < 4.78 is 5.61. The van der Waals surface area contributed by atoms with Gasteiger partial charge in [0.2, 0.25) is 0 Å². The quantitative estimate of drug-likeness (QED) is 0.767.